The number of nitrogens with one attached hydrogen (secondary N) is 1. The van der Waals surface area contributed by atoms with E-state index in [4.69, 9.17) is 4.74 Å². The van der Waals surface area contributed by atoms with Crippen LogP contribution < -0.4 is 10.1 Å². The number of rotatable bonds is 7. The van der Waals surface area contributed by atoms with Crippen molar-refractivity contribution in [3.63, 3.8) is 0 Å². The molecule has 0 aliphatic rings. The quantitative estimate of drug-likeness (QED) is 0.723. The van der Waals surface area contributed by atoms with Gasteiger partial charge in [0.2, 0.25) is 0 Å². The van der Waals surface area contributed by atoms with Gasteiger partial charge in [-0.1, -0.05) is 58.7 Å². The fourth-order valence-corrected chi connectivity index (χ4v) is 2.56. The van der Waals surface area contributed by atoms with E-state index in [-0.39, 0.29) is 0 Å². The lowest BCUT2D eigenvalue weighted by Gasteiger charge is -2.14. The van der Waals surface area contributed by atoms with E-state index in [1.807, 2.05) is 18.2 Å². The Morgan fingerprint density at radius 2 is 1.90 bits per heavy atom. The molecule has 0 aliphatic heterocycles. The molecule has 0 aliphatic carbocycles. The van der Waals surface area contributed by atoms with Gasteiger partial charge in [0.15, 0.2) is 0 Å². The molecule has 0 heterocycles. The van der Waals surface area contributed by atoms with Gasteiger partial charge in [0, 0.05) is 22.1 Å². The van der Waals surface area contributed by atoms with Gasteiger partial charge in [-0.25, -0.2) is 0 Å². The monoisotopic (exact) mass is 347 g/mol. The van der Waals surface area contributed by atoms with Crippen LogP contribution in [0.3, 0.4) is 0 Å². The van der Waals surface area contributed by atoms with Gasteiger partial charge in [0.05, 0.1) is 0 Å². The molecule has 2 aromatic rings. The Morgan fingerprint density at radius 1 is 1.10 bits per heavy atom. The lowest BCUT2D eigenvalue weighted by Crippen LogP contribution is -2.14. The molecule has 0 saturated heterocycles. The van der Waals surface area contributed by atoms with Gasteiger partial charge >= 0.3 is 0 Å². The van der Waals surface area contributed by atoms with Gasteiger partial charge in [-0.2, -0.15) is 0 Å². The molecular weight excluding hydrogens is 326 g/mol. The lowest BCUT2D eigenvalue weighted by atomic mass is 10.1. The smallest absolute Gasteiger partial charge is 0.124 e. The first kappa shape index (κ1) is 16.1. The summed E-state index contributed by atoms with van der Waals surface area (Å²) < 4.78 is 7.11. The summed E-state index contributed by atoms with van der Waals surface area (Å²) in [5.74, 6) is 0.958. The number of hydrogen-bond acceptors (Lipinski definition) is 2. The van der Waals surface area contributed by atoms with Crippen molar-refractivity contribution in [2.24, 2.45) is 0 Å². The highest BCUT2D eigenvalue weighted by Crippen LogP contribution is 2.23. The highest BCUT2D eigenvalue weighted by atomic mass is 79.9. The van der Waals surface area contributed by atoms with Crippen molar-refractivity contribution < 1.29 is 4.74 Å². The number of aryl methyl sites for hydroxylation is 1. The molecule has 2 aromatic carbocycles. The van der Waals surface area contributed by atoms with E-state index in [2.05, 4.69) is 59.4 Å². The molecule has 0 amide bonds. The SMILES string of the molecule is CCCNCc1cc(C)ccc1OCc1ccccc1Br. The average molecular weight is 348 g/mol. The van der Waals surface area contributed by atoms with Crippen molar-refractivity contribution in [1.82, 2.24) is 5.32 Å². The Hall–Kier alpha value is -1.32. The minimum atomic E-state index is 0.575. The fraction of sp³-hybridized carbons (Fsp3) is 0.333. The van der Waals surface area contributed by atoms with E-state index in [9.17, 15) is 0 Å². The lowest BCUT2D eigenvalue weighted by molar-refractivity contribution is 0.301. The van der Waals surface area contributed by atoms with Gasteiger partial charge in [0.25, 0.3) is 0 Å². The fourth-order valence-electron chi connectivity index (χ4n) is 2.16. The zero-order valence-electron chi connectivity index (χ0n) is 12.7. The highest BCUT2D eigenvalue weighted by Gasteiger charge is 2.06. The molecule has 0 bridgehead atoms. The first-order valence-electron chi connectivity index (χ1n) is 7.37. The van der Waals surface area contributed by atoms with Gasteiger partial charge in [-0.05, 0) is 32.0 Å². The average Bonchev–Trinajstić information content (AvgIpc) is 2.48. The minimum absolute atomic E-state index is 0.575. The van der Waals surface area contributed by atoms with Crippen molar-refractivity contribution in [2.45, 2.75) is 33.4 Å². The maximum absolute atomic E-state index is 6.02. The van der Waals surface area contributed by atoms with Crippen LogP contribution in [0.15, 0.2) is 46.9 Å². The van der Waals surface area contributed by atoms with Crippen molar-refractivity contribution in [2.75, 3.05) is 6.54 Å². The molecular formula is C18H22BrNO. The van der Waals surface area contributed by atoms with E-state index < -0.39 is 0 Å². The third-order valence-electron chi connectivity index (χ3n) is 3.30. The van der Waals surface area contributed by atoms with Gasteiger partial charge in [-0.15, -0.1) is 0 Å². The molecule has 0 aromatic heterocycles. The van der Waals surface area contributed by atoms with Gasteiger partial charge in [0.1, 0.15) is 12.4 Å². The molecule has 2 nitrogen and oxygen atoms in total. The van der Waals surface area contributed by atoms with E-state index in [1.54, 1.807) is 0 Å². The second-order valence-electron chi connectivity index (χ2n) is 5.17. The Balaban J connectivity index is 2.06. The Morgan fingerprint density at radius 3 is 2.67 bits per heavy atom. The third kappa shape index (κ3) is 4.87. The second-order valence-corrected chi connectivity index (χ2v) is 6.02. The standard InChI is InChI=1S/C18H22BrNO/c1-3-10-20-12-16-11-14(2)8-9-18(16)21-13-15-6-4-5-7-17(15)19/h4-9,11,20H,3,10,12-13H2,1-2H3. The molecule has 2 rings (SSSR count). The first-order valence-corrected chi connectivity index (χ1v) is 8.16. The second kappa shape index (κ2) is 8.20. The van der Waals surface area contributed by atoms with Crippen LogP contribution in [-0.2, 0) is 13.2 Å². The van der Waals surface area contributed by atoms with Gasteiger partial charge < -0.3 is 10.1 Å². The normalized spacial score (nSPS) is 10.6. The van der Waals surface area contributed by atoms with Crippen LogP contribution in [0.4, 0.5) is 0 Å². The molecule has 0 radical (unpaired) electrons. The summed E-state index contributed by atoms with van der Waals surface area (Å²) in [5.41, 5.74) is 3.64. The molecule has 112 valence electrons. The number of halogens is 1. The van der Waals surface area contributed by atoms with Crippen molar-refractivity contribution in [3.8, 4) is 5.75 Å². The Bertz CT molecular complexity index is 583. The number of benzene rings is 2. The molecule has 0 atom stereocenters. The van der Waals surface area contributed by atoms with Crippen molar-refractivity contribution >= 4 is 15.9 Å². The van der Waals surface area contributed by atoms with Crippen LogP contribution in [-0.4, -0.2) is 6.54 Å². The Labute approximate surface area is 135 Å². The van der Waals surface area contributed by atoms with Crippen LogP contribution in [0.1, 0.15) is 30.0 Å². The predicted molar refractivity (Wildman–Crippen MR) is 91.7 cm³/mol. The maximum atomic E-state index is 6.02. The summed E-state index contributed by atoms with van der Waals surface area (Å²) in [4.78, 5) is 0. The topological polar surface area (TPSA) is 21.3 Å². The summed E-state index contributed by atoms with van der Waals surface area (Å²) in [6, 6.07) is 14.5. The summed E-state index contributed by atoms with van der Waals surface area (Å²) in [7, 11) is 0. The molecule has 3 heteroatoms. The van der Waals surface area contributed by atoms with E-state index in [1.165, 1.54) is 11.1 Å². The largest absolute Gasteiger partial charge is 0.489 e. The first-order chi connectivity index (χ1) is 10.2. The van der Waals surface area contributed by atoms with Crippen molar-refractivity contribution in [3.05, 3.63) is 63.6 Å². The van der Waals surface area contributed by atoms with E-state index in [0.29, 0.717) is 6.61 Å². The number of ether oxygens (including phenoxy) is 1. The maximum Gasteiger partial charge on any atom is 0.124 e. The zero-order chi connectivity index (χ0) is 15.1. The predicted octanol–water partition coefficient (Wildman–Crippen LogP) is 4.84. The third-order valence-corrected chi connectivity index (χ3v) is 4.07. The molecule has 0 unspecified atom stereocenters. The summed E-state index contributed by atoms with van der Waals surface area (Å²) in [6.07, 6.45) is 1.14. The van der Waals surface area contributed by atoms with Gasteiger partial charge in [-0.3, -0.25) is 0 Å². The Kier molecular flexibility index (Phi) is 6.27. The zero-order valence-corrected chi connectivity index (χ0v) is 14.2. The van der Waals surface area contributed by atoms with Crippen LogP contribution in [0.25, 0.3) is 0 Å². The van der Waals surface area contributed by atoms with E-state index in [0.717, 1.165) is 35.3 Å². The van der Waals surface area contributed by atoms with Crippen LogP contribution in [0, 0.1) is 6.92 Å². The minimum Gasteiger partial charge on any atom is -0.489 e. The molecule has 0 fully saturated rings. The molecule has 1 N–H and O–H groups in total. The van der Waals surface area contributed by atoms with Crippen LogP contribution >= 0.6 is 15.9 Å². The van der Waals surface area contributed by atoms with Crippen LogP contribution in [0.5, 0.6) is 5.75 Å². The summed E-state index contributed by atoms with van der Waals surface area (Å²) >= 11 is 3.56. The number of hydrogen-bond donors (Lipinski definition) is 1. The summed E-state index contributed by atoms with van der Waals surface area (Å²) in [5, 5.41) is 3.44. The molecule has 21 heavy (non-hydrogen) atoms. The van der Waals surface area contributed by atoms with Crippen LogP contribution in [0.2, 0.25) is 0 Å². The van der Waals surface area contributed by atoms with Crippen molar-refractivity contribution in [1.29, 1.82) is 0 Å². The molecule has 0 saturated carbocycles. The van der Waals surface area contributed by atoms with E-state index >= 15 is 0 Å². The molecule has 0 spiro atoms. The highest BCUT2D eigenvalue weighted by molar-refractivity contribution is 9.10. The summed E-state index contributed by atoms with van der Waals surface area (Å²) in [6.45, 7) is 6.73.